The minimum atomic E-state index is -4.87. The topological polar surface area (TPSA) is 66.9 Å². The number of amides is 1. The molecule has 4 aromatic rings. The lowest BCUT2D eigenvalue weighted by atomic mass is 9.97. The number of aromatic nitrogens is 2. The first-order valence-electron chi connectivity index (χ1n) is 9.90. The molecule has 0 aliphatic carbocycles. The van der Waals surface area contributed by atoms with E-state index in [2.05, 4.69) is 20.6 Å². The van der Waals surface area contributed by atoms with E-state index >= 15 is 0 Å². The van der Waals surface area contributed by atoms with E-state index in [4.69, 9.17) is 0 Å². The van der Waals surface area contributed by atoms with Crippen LogP contribution in [-0.2, 0) is 6.18 Å². The molecule has 0 atom stereocenters. The number of rotatable bonds is 4. The maximum absolute atomic E-state index is 14.3. The van der Waals surface area contributed by atoms with Crippen LogP contribution in [0, 0.1) is 12.7 Å². The summed E-state index contributed by atoms with van der Waals surface area (Å²) >= 11 is 0. The van der Waals surface area contributed by atoms with E-state index in [9.17, 15) is 22.4 Å². The third-order valence-corrected chi connectivity index (χ3v) is 5.17. The maximum atomic E-state index is 14.3. The number of fused-ring (bicyclic) bond motifs is 1. The van der Waals surface area contributed by atoms with Gasteiger partial charge < -0.3 is 10.6 Å². The molecule has 0 unspecified atom stereocenters. The van der Waals surface area contributed by atoms with Gasteiger partial charge in [-0.2, -0.15) is 13.2 Å². The molecule has 0 saturated carbocycles. The molecule has 1 aromatic heterocycles. The van der Waals surface area contributed by atoms with Gasteiger partial charge in [-0.1, -0.05) is 18.2 Å². The number of alkyl halides is 3. The molecule has 4 rings (SSSR count). The molecule has 2 N–H and O–H groups in total. The number of benzene rings is 3. The van der Waals surface area contributed by atoms with Gasteiger partial charge in [0.15, 0.2) is 5.82 Å². The van der Waals surface area contributed by atoms with Crippen LogP contribution in [0.15, 0.2) is 60.8 Å². The van der Waals surface area contributed by atoms with Gasteiger partial charge in [0.25, 0.3) is 5.91 Å². The van der Waals surface area contributed by atoms with Crippen molar-refractivity contribution in [2.75, 3.05) is 17.7 Å². The molecule has 0 fully saturated rings. The van der Waals surface area contributed by atoms with Crippen LogP contribution < -0.4 is 10.6 Å². The van der Waals surface area contributed by atoms with E-state index in [0.29, 0.717) is 12.0 Å². The van der Waals surface area contributed by atoms with Crippen molar-refractivity contribution in [3.8, 4) is 11.1 Å². The quantitative estimate of drug-likeness (QED) is 0.368. The van der Waals surface area contributed by atoms with Gasteiger partial charge in [0.2, 0.25) is 5.95 Å². The van der Waals surface area contributed by atoms with Crippen molar-refractivity contribution < 1.29 is 22.4 Å². The first-order chi connectivity index (χ1) is 15.7. The van der Waals surface area contributed by atoms with Crippen molar-refractivity contribution in [1.29, 1.82) is 0 Å². The second kappa shape index (κ2) is 8.50. The lowest BCUT2D eigenvalue weighted by molar-refractivity contribution is -0.139. The summed E-state index contributed by atoms with van der Waals surface area (Å²) in [5.41, 5.74) is 1.36. The number of carbonyl (C=O) groups is 1. The van der Waals surface area contributed by atoms with Gasteiger partial charge in [-0.3, -0.25) is 4.79 Å². The minimum Gasteiger partial charge on any atom is -0.357 e. The van der Waals surface area contributed by atoms with Gasteiger partial charge in [-0.25, -0.2) is 14.4 Å². The van der Waals surface area contributed by atoms with Crippen LogP contribution in [0.4, 0.5) is 29.2 Å². The van der Waals surface area contributed by atoms with Crippen LogP contribution in [-0.4, -0.2) is 22.9 Å². The smallest absolute Gasteiger partial charge is 0.357 e. The summed E-state index contributed by atoms with van der Waals surface area (Å²) in [4.78, 5) is 21.3. The molecule has 3 aromatic carbocycles. The molecule has 0 bridgehead atoms. The fourth-order valence-electron chi connectivity index (χ4n) is 3.44. The van der Waals surface area contributed by atoms with Gasteiger partial charge in [0.1, 0.15) is 0 Å². The molecule has 0 aliphatic heterocycles. The van der Waals surface area contributed by atoms with Crippen molar-refractivity contribution in [3.05, 3.63) is 83.3 Å². The fourth-order valence-corrected chi connectivity index (χ4v) is 3.44. The lowest BCUT2D eigenvalue weighted by Crippen LogP contribution is -2.16. The van der Waals surface area contributed by atoms with Gasteiger partial charge in [-0.15, -0.1) is 0 Å². The summed E-state index contributed by atoms with van der Waals surface area (Å²) in [7, 11) is 1.72. The zero-order valence-electron chi connectivity index (χ0n) is 17.6. The van der Waals surface area contributed by atoms with Gasteiger partial charge in [0.05, 0.1) is 16.8 Å². The minimum absolute atomic E-state index is 0.175. The van der Waals surface area contributed by atoms with E-state index in [1.54, 1.807) is 25.4 Å². The number of hydrogen-bond donors (Lipinski definition) is 2. The molecule has 1 amide bonds. The number of hydrogen-bond acceptors (Lipinski definition) is 4. The number of nitrogens with zero attached hydrogens (tertiary/aromatic N) is 2. The lowest BCUT2D eigenvalue weighted by Gasteiger charge is -2.13. The monoisotopic (exact) mass is 454 g/mol. The predicted molar refractivity (Wildman–Crippen MR) is 119 cm³/mol. The molecular formula is C24H18F4N4O. The summed E-state index contributed by atoms with van der Waals surface area (Å²) in [5, 5.41) is 5.91. The van der Waals surface area contributed by atoms with Gasteiger partial charge in [0, 0.05) is 24.2 Å². The number of anilines is 2. The van der Waals surface area contributed by atoms with Crippen LogP contribution in [0.3, 0.4) is 0 Å². The van der Waals surface area contributed by atoms with E-state index in [-0.39, 0.29) is 5.56 Å². The second-order valence-corrected chi connectivity index (χ2v) is 7.37. The Labute approximate surface area is 186 Å². The van der Waals surface area contributed by atoms with E-state index < -0.39 is 29.2 Å². The molecule has 9 heteroatoms. The molecule has 0 radical (unpaired) electrons. The van der Waals surface area contributed by atoms with E-state index in [0.717, 1.165) is 39.7 Å². The summed E-state index contributed by atoms with van der Waals surface area (Å²) in [6.07, 6.45) is -3.18. The van der Waals surface area contributed by atoms with Crippen molar-refractivity contribution in [3.63, 3.8) is 0 Å². The Kier molecular flexibility index (Phi) is 5.71. The van der Waals surface area contributed by atoms with Crippen LogP contribution in [0.2, 0.25) is 0 Å². The molecule has 168 valence electrons. The van der Waals surface area contributed by atoms with Gasteiger partial charge >= 0.3 is 6.18 Å². The second-order valence-electron chi connectivity index (χ2n) is 7.37. The molecule has 5 nitrogen and oxygen atoms in total. The number of aryl methyl sites for hydroxylation is 1. The highest BCUT2D eigenvalue weighted by molar-refractivity contribution is 6.05. The summed E-state index contributed by atoms with van der Waals surface area (Å²) in [5.74, 6) is -1.76. The third kappa shape index (κ3) is 4.48. The maximum Gasteiger partial charge on any atom is 0.419 e. The Bertz CT molecular complexity index is 1370. The normalized spacial score (nSPS) is 11.5. The fraction of sp³-hybridized carbons (Fsp3) is 0.125. The molecule has 33 heavy (non-hydrogen) atoms. The number of carbonyl (C=O) groups excluding carboxylic acids is 1. The predicted octanol–water partition coefficient (Wildman–Crippen LogP) is 6.06. The van der Waals surface area contributed by atoms with Crippen molar-refractivity contribution in [1.82, 2.24) is 9.97 Å². The first kappa shape index (κ1) is 22.2. The average molecular weight is 454 g/mol. The van der Waals surface area contributed by atoms with Crippen LogP contribution in [0.5, 0.6) is 0 Å². The van der Waals surface area contributed by atoms with Gasteiger partial charge in [-0.05, 0) is 60.0 Å². The SMILES string of the molecule is CNc1ncc2cc(-c3cc(C(=O)Nc4cccc(C(F)(F)F)c4F)ccc3C)ccc2n1. The Morgan fingerprint density at radius 1 is 1.03 bits per heavy atom. The third-order valence-electron chi connectivity index (χ3n) is 5.17. The van der Waals surface area contributed by atoms with E-state index in [1.807, 2.05) is 25.1 Å². The van der Waals surface area contributed by atoms with Crippen molar-refractivity contribution in [2.45, 2.75) is 13.1 Å². The highest BCUT2D eigenvalue weighted by atomic mass is 19.4. The van der Waals surface area contributed by atoms with Crippen molar-refractivity contribution >= 4 is 28.4 Å². The molecule has 0 aliphatic rings. The Morgan fingerprint density at radius 3 is 2.55 bits per heavy atom. The molecule has 0 spiro atoms. The van der Waals surface area contributed by atoms with Crippen LogP contribution in [0.25, 0.3) is 22.0 Å². The largest absolute Gasteiger partial charge is 0.419 e. The Morgan fingerprint density at radius 2 is 1.82 bits per heavy atom. The molecule has 1 heterocycles. The molecule has 0 saturated heterocycles. The summed E-state index contributed by atoms with van der Waals surface area (Å²) in [6, 6.07) is 13.2. The van der Waals surface area contributed by atoms with Crippen LogP contribution >= 0.6 is 0 Å². The number of nitrogens with one attached hydrogen (secondary N) is 2. The highest BCUT2D eigenvalue weighted by Crippen LogP contribution is 2.34. The zero-order chi connectivity index (χ0) is 23.8. The van der Waals surface area contributed by atoms with E-state index in [1.165, 1.54) is 6.07 Å². The highest BCUT2D eigenvalue weighted by Gasteiger charge is 2.35. The summed E-state index contributed by atoms with van der Waals surface area (Å²) in [6.45, 7) is 1.87. The Hall–Kier alpha value is -4.01. The first-order valence-corrected chi connectivity index (χ1v) is 9.90. The zero-order valence-corrected chi connectivity index (χ0v) is 17.6. The molecular weight excluding hydrogens is 436 g/mol. The van der Waals surface area contributed by atoms with Crippen LogP contribution in [0.1, 0.15) is 21.5 Å². The van der Waals surface area contributed by atoms with Crippen molar-refractivity contribution in [2.24, 2.45) is 0 Å². The average Bonchev–Trinajstić information content (AvgIpc) is 2.79. The standard InChI is InChI=1S/C24H18F4N4O/c1-13-6-7-15(22(33)31-20-5-3-4-18(21(20)25)24(26,27)28)11-17(13)14-8-9-19-16(10-14)12-30-23(29-2)32-19/h3-12H,1-2H3,(H,31,33)(H,29,30,32). The number of halogens is 4. The Balaban J connectivity index is 1.67. The summed E-state index contributed by atoms with van der Waals surface area (Å²) < 4.78 is 53.2.